The Morgan fingerprint density at radius 2 is 1.97 bits per heavy atom. The highest BCUT2D eigenvalue weighted by Crippen LogP contribution is 2.27. The van der Waals surface area contributed by atoms with Gasteiger partial charge in [0.05, 0.1) is 13.2 Å². The molecule has 1 aromatic heterocycles. The Labute approximate surface area is 188 Å². The van der Waals surface area contributed by atoms with Crippen LogP contribution in [0.1, 0.15) is 42.3 Å². The maximum absolute atomic E-state index is 12.6. The van der Waals surface area contributed by atoms with Gasteiger partial charge < -0.3 is 14.6 Å². The zero-order chi connectivity index (χ0) is 22.3. The number of amides is 1. The highest BCUT2D eigenvalue weighted by Gasteiger charge is 2.24. The minimum atomic E-state index is -0.0211. The first-order chi connectivity index (χ1) is 15.6. The molecular formula is C25H30N4O3. The first-order valence-electron chi connectivity index (χ1n) is 11.2. The van der Waals surface area contributed by atoms with Gasteiger partial charge >= 0.3 is 0 Å². The Morgan fingerprint density at radius 3 is 2.72 bits per heavy atom. The summed E-state index contributed by atoms with van der Waals surface area (Å²) in [6, 6.07) is 16.2. The average Bonchev–Trinajstić information content (AvgIpc) is 3.51. The summed E-state index contributed by atoms with van der Waals surface area (Å²) in [4.78, 5) is 19.4. The zero-order valence-corrected chi connectivity index (χ0v) is 18.7. The molecule has 0 unspecified atom stereocenters. The minimum Gasteiger partial charge on any atom is -0.497 e. The quantitative estimate of drug-likeness (QED) is 0.549. The third kappa shape index (κ3) is 5.53. The molecule has 0 bridgehead atoms. The summed E-state index contributed by atoms with van der Waals surface area (Å²) in [6.45, 7) is 4.68. The molecule has 0 aliphatic carbocycles. The number of rotatable bonds is 9. The van der Waals surface area contributed by atoms with Crippen LogP contribution in [0.3, 0.4) is 0 Å². The van der Waals surface area contributed by atoms with Gasteiger partial charge in [-0.1, -0.05) is 47.1 Å². The van der Waals surface area contributed by atoms with E-state index in [1.165, 1.54) is 18.4 Å². The second kappa shape index (κ2) is 10.4. The topological polar surface area (TPSA) is 80.5 Å². The van der Waals surface area contributed by atoms with E-state index in [2.05, 4.69) is 32.5 Å². The van der Waals surface area contributed by atoms with Crippen molar-refractivity contribution in [1.29, 1.82) is 0 Å². The van der Waals surface area contributed by atoms with Gasteiger partial charge in [-0.25, -0.2) is 0 Å². The molecule has 1 atom stereocenters. The second-order valence-corrected chi connectivity index (χ2v) is 8.22. The molecule has 1 N–H and O–H groups in total. The predicted molar refractivity (Wildman–Crippen MR) is 122 cm³/mol. The Balaban J connectivity index is 1.33. The highest BCUT2D eigenvalue weighted by atomic mass is 16.5. The molecule has 7 nitrogen and oxygen atoms in total. The van der Waals surface area contributed by atoms with E-state index < -0.39 is 0 Å². The third-order valence-corrected chi connectivity index (χ3v) is 5.90. The fraction of sp³-hybridized carbons (Fsp3) is 0.400. The number of carbonyl (C=O) groups excluding carboxylic acids is 1. The Hall–Kier alpha value is -3.19. The number of ether oxygens (including phenoxy) is 1. The summed E-state index contributed by atoms with van der Waals surface area (Å²) in [5.74, 6) is 1.83. The monoisotopic (exact) mass is 434 g/mol. The Kier molecular flexibility index (Phi) is 7.17. The number of hydrogen-bond donors (Lipinski definition) is 1. The van der Waals surface area contributed by atoms with E-state index >= 15 is 0 Å². The predicted octanol–water partition coefficient (Wildman–Crippen LogP) is 3.94. The molecule has 2 aromatic carbocycles. The fourth-order valence-electron chi connectivity index (χ4n) is 4.06. The Bertz CT molecular complexity index is 1030. The number of nitrogens with one attached hydrogen (secondary N) is 1. The van der Waals surface area contributed by atoms with Gasteiger partial charge in [0.15, 0.2) is 0 Å². The number of methoxy groups -OCH3 is 1. The molecule has 2 heterocycles. The van der Waals surface area contributed by atoms with Gasteiger partial charge in [-0.15, -0.1) is 0 Å². The van der Waals surface area contributed by atoms with Crippen LogP contribution in [0.2, 0.25) is 0 Å². The third-order valence-electron chi connectivity index (χ3n) is 5.90. The fourth-order valence-corrected chi connectivity index (χ4v) is 4.06. The van der Waals surface area contributed by atoms with Crippen molar-refractivity contribution in [3.8, 4) is 17.1 Å². The number of carbonyl (C=O) groups is 1. The first-order valence-corrected chi connectivity index (χ1v) is 11.2. The number of likely N-dealkylation sites (tertiary alicyclic amines) is 1. The van der Waals surface area contributed by atoms with Gasteiger partial charge in [0.2, 0.25) is 17.6 Å². The van der Waals surface area contributed by atoms with Crippen molar-refractivity contribution in [2.75, 3.05) is 26.7 Å². The summed E-state index contributed by atoms with van der Waals surface area (Å²) in [6.07, 6.45) is 3.10. The van der Waals surface area contributed by atoms with Crippen molar-refractivity contribution in [3.63, 3.8) is 0 Å². The molecule has 32 heavy (non-hydrogen) atoms. The number of aryl methyl sites for hydroxylation is 2. The number of aromatic nitrogens is 2. The lowest BCUT2D eigenvalue weighted by Crippen LogP contribution is -2.36. The van der Waals surface area contributed by atoms with Crippen molar-refractivity contribution < 1.29 is 14.1 Å². The van der Waals surface area contributed by atoms with E-state index in [9.17, 15) is 4.79 Å². The van der Waals surface area contributed by atoms with Gasteiger partial charge in [-0.3, -0.25) is 9.69 Å². The van der Waals surface area contributed by atoms with Crippen LogP contribution in [0.15, 0.2) is 53.1 Å². The maximum atomic E-state index is 12.6. The molecule has 3 aromatic rings. The standard InChI is InChI=1S/C25H30N4O3/c1-18-8-10-19(11-9-18)25-27-24(32-28-25)13-12-23(30)26-17-22(29-14-3-4-15-29)20-6-5-7-21(16-20)31-2/h5-11,16,22H,3-4,12-15,17H2,1-2H3,(H,26,30)/t22-/m0/s1. The lowest BCUT2D eigenvalue weighted by Gasteiger charge is -2.28. The zero-order valence-electron chi connectivity index (χ0n) is 18.7. The van der Waals surface area contributed by atoms with Crippen molar-refractivity contribution in [2.45, 2.75) is 38.6 Å². The van der Waals surface area contributed by atoms with Crippen LogP contribution in [0.4, 0.5) is 0 Å². The van der Waals surface area contributed by atoms with Crippen molar-refractivity contribution in [1.82, 2.24) is 20.4 Å². The Morgan fingerprint density at radius 1 is 1.19 bits per heavy atom. The SMILES string of the molecule is COc1cccc([C@H](CNC(=O)CCc2nc(-c3ccc(C)cc3)no2)N2CCCC2)c1. The average molecular weight is 435 g/mol. The maximum Gasteiger partial charge on any atom is 0.227 e. The van der Waals surface area contributed by atoms with E-state index in [4.69, 9.17) is 9.26 Å². The second-order valence-electron chi connectivity index (χ2n) is 8.22. The van der Waals surface area contributed by atoms with Crippen LogP contribution in [-0.2, 0) is 11.2 Å². The van der Waals surface area contributed by atoms with Gasteiger partial charge in [-0.2, -0.15) is 4.98 Å². The molecular weight excluding hydrogens is 404 g/mol. The largest absolute Gasteiger partial charge is 0.497 e. The van der Waals surface area contributed by atoms with Crippen LogP contribution in [-0.4, -0.2) is 47.7 Å². The summed E-state index contributed by atoms with van der Waals surface area (Å²) in [5, 5.41) is 7.14. The van der Waals surface area contributed by atoms with Crippen LogP contribution in [0, 0.1) is 6.92 Å². The number of benzene rings is 2. The molecule has 0 saturated carbocycles. The normalized spacial score (nSPS) is 14.9. The first kappa shape index (κ1) is 22.0. The van der Waals surface area contributed by atoms with Crippen molar-refractivity contribution >= 4 is 5.91 Å². The molecule has 0 spiro atoms. The summed E-state index contributed by atoms with van der Waals surface area (Å²) in [7, 11) is 1.67. The lowest BCUT2D eigenvalue weighted by atomic mass is 10.0. The van der Waals surface area contributed by atoms with E-state index in [0.29, 0.717) is 31.1 Å². The molecule has 1 fully saturated rings. The smallest absolute Gasteiger partial charge is 0.227 e. The molecule has 168 valence electrons. The molecule has 1 aliphatic rings. The van der Waals surface area contributed by atoms with E-state index in [-0.39, 0.29) is 11.9 Å². The van der Waals surface area contributed by atoms with Crippen LogP contribution < -0.4 is 10.1 Å². The summed E-state index contributed by atoms with van der Waals surface area (Å²) < 4.78 is 10.7. The van der Waals surface area contributed by atoms with Gasteiger partial charge in [0, 0.05) is 24.9 Å². The highest BCUT2D eigenvalue weighted by molar-refractivity contribution is 5.76. The van der Waals surface area contributed by atoms with E-state index in [0.717, 1.165) is 30.0 Å². The lowest BCUT2D eigenvalue weighted by molar-refractivity contribution is -0.121. The minimum absolute atomic E-state index is 0.0211. The molecule has 0 radical (unpaired) electrons. The summed E-state index contributed by atoms with van der Waals surface area (Å²) >= 11 is 0. The number of nitrogens with zero attached hydrogens (tertiary/aromatic N) is 3. The molecule has 1 amide bonds. The van der Waals surface area contributed by atoms with Gasteiger partial charge in [-0.05, 0) is 50.6 Å². The number of hydrogen-bond acceptors (Lipinski definition) is 6. The molecule has 4 rings (SSSR count). The molecule has 1 aliphatic heterocycles. The summed E-state index contributed by atoms with van der Waals surface area (Å²) in [5.41, 5.74) is 3.24. The van der Waals surface area contributed by atoms with Crippen molar-refractivity contribution in [3.05, 3.63) is 65.5 Å². The van der Waals surface area contributed by atoms with E-state index in [1.54, 1.807) is 7.11 Å². The van der Waals surface area contributed by atoms with Crippen LogP contribution in [0.25, 0.3) is 11.4 Å². The molecule has 1 saturated heterocycles. The van der Waals surface area contributed by atoms with Gasteiger partial charge in [0.25, 0.3) is 0 Å². The molecule has 7 heteroatoms. The van der Waals surface area contributed by atoms with E-state index in [1.807, 2.05) is 43.3 Å². The van der Waals surface area contributed by atoms with Crippen LogP contribution >= 0.6 is 0 Å². The van der Waals surface area contributed by atoms with Crippen LogP contribution in [0.5, 0.6) is 5.75 Å². The van der Waals surface area contributed by atoms with Crippen molar-refractivity contribution in [2.24, 2.45) is 0 Å². The van der Waals surface area contributed by atoms with Gasteiger partial charge in [0.1, 0.15) is 5.75 Å².